The van der Waals surface area contributed by atoms with Gasteiger partial charge < -0.3 is 24.1 Å². The van der Waals surface area contributed by atoms with E-state index in [1.165, 1.54) is 0 Å². The average molecular weight is 653 g/mol. The molecule has 6 aliphatic heterocycles. The van der Waals surface area contributed by atoms with Crippen molar-refractivity contribution in [2.24, 2.45) is 5.92 Å². The number of ether oxygens (including phenoxy) is 3. The molecule has 7 aliphatic rings. The van der Waals surface area contributed by atoms with Crippen molar-refractivity contribution in [2.45, 2.75) is 88.2 Å². The number of hydrogen-bond donors (Lipinski definition) is 1. The molecule has 2 unspecified atom stereocenters. The number of amides is 1. The Hall–Kier alpha value is -3.96. The number of para-hydroxylation sites is 1. The molecule has 1 aromatic carbocycles. The maximum atomic E-state index is 17.1. The minimum absolute atomic E-state index is 0.0782. The van der Waals surface area contributed by atoms with Crippen LogP contribution in [0.3, 0.4) is 0 Å². The first-order valence-corrected chi connectivity index (χ1v) is 17.8. The fourth-order valence-corrected chi connectivity index (χ4v) is 9.81. The summed E-state index contributed by atoms with van der Waals surface area (Å²) in [6.45, 7) is 5.10. The van der Waals surface area contributed by atoms with Crippen LogP contribution >= 0.6 is 0 Å². The summed E-state index contributed by atoms with van der Waals surface area (Å²) in [4.78, 5) is 27.2. The molecule has 0 radical (unpaired) electrons. The van der Waals surface area contributed by atoms with Crippen LogP contribution in [0, 0.1) is 11.7 Å². The molecule has 250 valence electrons. The molecule has 9 heterocycles. The molecule has 1 saturated carbocycles. The van der Waals surface area contributed by atoms with Crippen molar-refractivity contribution in [1.29, 1.82) is 0 Å². The smallest absolute Gasteiger partial charge is 0.410 e. The topological polar surface area (TPSA) is 94.0 Å². The molecule has 11 rings (SSSR count). The van der Waals surface area contributed by atoms with Gasteiger partial charge >= 0.3 is 6.09 Å². The summed E-state index contributed by atoms with van der Waals surface area (Å²) in [5, 5.41) is 5.20. The lowest BCUT2D eigenvalue weighted by Crippen LogP contribution is -2.40. The van der Waals surface area contributed by atoms with Crippen LogP contribution in [0.25, 0.3) is 33.1 Å². The van der Waals surface area contributed by atoms with E-state index in [1.54, 1.807) is 6.20 Å². The van der Waals surface area contributed by atoms with Crippen LogP contribution in [0.4, 0.5) is 9.18 Å². The third-order valence-electron chi connectivity index (χ3n) is 12.2. The van der Waals surface area contributed by atoms with E-state index in [-0.39, 0.29) is 47.6 Å². The Morgan fingerprint density at radius 2 is 2.06 bits per heavy atom. The number of carbonyl (C=O) groups excluding carboxylic acids is 1. The van der Waals surface area contributed by atoms with Crippen LogP contribution in [-0.4, -0.2) is 88.0 Å². The molecule has 0 spiro atoms. The number of rotatable bonds is 6. The molecule has 1 amide bonds. The third kappa shape index (κ3) is 4.12. The molecule has 10 nitrogen and oxygen atoms in total. The summed E-state index contributed by atoms with van der Waals surface area (Å²) in [6, 6.07) is 8.75. The molecule has 4 aromatic rings. The Kier molecular flexibility index (Phi) is 6.51. The van der Waals surface area contributed by atoms with Gasteiger partial charge in [-0.05, 0) is 89.1 Å². The summed E-state index contributed by atoms with van der Waals surface area (Å²) in [5.41, 5.74) is 4.15. The predicted molar refractivity (Wildman–Crippen MR) is 178 cm³/mol. The molecule has 1 aliphatic carbocycles. The molecule has 3 aromatic heterocycles. The average Bonchev–Trinajstić information content (AvgIpc) is 3.94. The Balaban J connectivity index is 1.21. The molecular weight excluding hydrogens is 611 g/mol. The molecule has 1 N–H and O–H groups in total. The molecule has 5 saturated heterocycles. The lowest BCUT2D eigenvalue weighted by Gasteiger charge is -2.39. The van der Waals surface area contributed by atoms with Crippen LogP contribution < -0.4 is 14.8 Å². The van der Waals surface area contributed by atoms with Gasteiger partial charge in [0.2, 0.25) is 5.88 Å². The first-order chi connectivity index (χ1) is 23.5. The summed E-state index contributed by atoms with van der Waals surface area (Å²) in [5.74, 6) is 1.13. The van der Waals surface area contributed by atoms with Crippen molar-refractivity contribution in [2.75, 3.05) is 33.4 Å². The maximum absolute atomic E-state index is 17.1. The van der Waals surface area contributed by atoms with Gasteiger partial charge in [0.15, 0.2) is 5.82 Å². The highest BCUT2D eigenvalue weighted by Crippen LogP contribution is 2.52. The lowest BCUT2D eigenvalue weighted by molar-refractivity contribution is 0.119. The minimum Gasteiger partial charge on any atom is -0.493 e. The largest absolute Gasteiger partial charge is 0.493 e. The van der Waals surface area contributed by atoms with E-state index in [0.717, 1.165) is 80.2 Å². The molecule has 6 fully saturated rings. The van der Waals surface area contributed by atoms with Crippen LogP contribution in [0.2, 0.25) is 0 Å². The van der Waals surface area contributed by atoms with Gasteiger partial charge in [-0.2, -0.15) is 0 Å². The fraction of sp³-hybridized carbons (Fsp3) is 0.541. The molecule has 48 heavy (non-hydrogen) atoms. The Labute approximate surface area is 278 Å². The quantitative estimate of drug-likeness (QED) is 0.281. The summed E-state index contributed by atoms with van der Waals surface area (Å²) >= 11 is 0. The number of benzene rings is 1. The summed E-state index contributed by atoms with van der Waals surface area (Å²) < 4.78 is 38.0. The van der Waals surface area contributed by atoms with E-state index >= 15 is 4.39 Å². The number of nitrogens with one attached hydrogen (secondary N) is 1. The van der Waals surface area contributed by atoms with Crippen molar-refractivity contribution >= 4 is 27.9 Å². The molecule has 11 heteroatoms. The van der Waals surface area contributed by atoms with Crippen LogP contribution in [0.15, 0.2) is 30.5 Å². The molecule has 2 bridgehead atoms. The second kappa shape index (κ2) is 10.8. The molecular formula is C37H41FN6O4. The minimum atomic E-state index is -0.472. The first kappa shape index (κ1) is 29.0. The van der Waals surface area contributed by atoms with Gasteiger partial charge in [-0.1, -0.05) is 12.1 Å². The predicted octanol–water partition coefficient (Wildman–Crippen LogP) is 5.77. The van der Waals surface area contributed by atoms with Crippen molar-refractivity contribution in [1.82, 2.24) is 29.7 Å². The number of aromatic nitrogens is 3. The second-order valence-electron chi connectivity index (χ2n) is 14.8. The number of pyridine rings is 2. The van der Waals surface area contributed by atoms with Crippen molar-refractivity contribution < 1.29 is 23.4 Å². The van der Waals surface area contributed by atoms with E-state index in [2.05, 4.69) is 34.8 Å². The number of aryl methyl sites for hydroxylation is 1. The van der Waals surface area contributed by atoms with Gasteiger partial charge in [-0.15, -0.1) is 0 Å². The zero-order valence-corrected chi connectivity index (χ0v) is 27.5. The standard InChI is InChI=1S/C37H41FN6O4/c1-19(27-9-4-12-42(27)2)48-36-24-15-29(28-11-10-22-18-47-37(45)43(22)28)44(33-21-14-26(33)39-16-21)34(24)25-17-40-31(30(38)32(25)41-36)23-8-3-6-20-7-5-13-46-35(20)23/h3,6,8,15,17,19,21-22,26-28,33,39H,4-5,7,9-14,16,18H2,1-2H3/t19?,21-,22+,26-,27+,28?,33+/m1/s1. The van der Waals surface area contributed by atoms with Gasteiger partial charge in [0, 0.05) is 41.5 Å². The fourth-order valence-electron chi connectivity index (χ4n) is 9.81. The zero-order valence-electron chi connectivity index (χ0n) is 27.5. The van der Waals surface area contributed by atoms with Crippen molar-refractivity contribution in [3.63, 3.8) is 0 Å². The number of likely N-dealkylation sites (N-methyl/N-ethyl adjacent to an activating group) is 1. The van der Waals surface area contributed by atoms with Crippen molar-refractivity contribution in [3.05, 3.63) is 47.5 Å². The number of carbonyl (C=O) groups is 1. The maximum Gasteiger partial charge on any atom is 0.410 e. The van der Waals surface area contributed by atoms with Crippen molar-refractivity contribution in [3.8, 4) is 22.9 Å². The van der Waals surface area contributed by atoms with Gasteiger partial charge in [-0.3, -0.25) is 14.8 Å². The first-order valence-electron chi connectivity index (χ1n) is 17.8. The number of nitrogens with zero attached hydrogens (tertiary/aromatic N) is 5. The van der Waals surface area contributed by atoms with Gasteiger partial charge in [0.05, 0.1) is 35.6 Å². The summed E-state index contributed by atoms with van der Waals surface area (Å²) in [7, 11) is 2.14. The number of likely N-dealkylation sites (tertiary alicyclic amines) is 1. The second-order valence-corrected chi connectivity index (χ2v) is 14.8. The molecule has 7 atom stereocenters. The summed E-state index contributed by atoms with van der Waals surface area (Å²) in [6.07, 6.45) is 8.23. The number of cyclic esters (lactones) is 1. The van der Waals surface area contributed by atoms with Gasteiger partial charge in [0.25, 0.3) is 0 Å². The van der Waals surface area contributed by atoms with E-state index in [0.29, 0.717) is 47.8 Å². The van der Waals surface area contributed by atoms with Crippen LogP contribution in [-0.2, 0) is 11.2 Å². The normalized spacial score (nSPS) is 30.0. The Bertz CT molecular complexity index is 1970. The van der Waals surface area contributed by atoms with E-state index < -0.39 is 5.82 Å². The Morgan fingerprint density at radius 1 is 1.15 bits per heavy atom. The highest BCUT2D eigenvalue weighted by Gasteiger charge is 2.51. The van der Waals surface area contributed by atoms with Crippen LogP contribution in [0.1, 0.15) is 68.8 Å². The Morgan fingerprint density at radius 3 is 2.88 bits per heavy atom. The van der Waals surface area contributed by atoms with Gasteiger partial charge in [-0.25, -0.2) is 14.2 Å². The number of hydrogen-bond acceptors (Lipinski definition) is 8. The monoisotopic (exact) mass is 652 g/mol. The number of fused-ring (bicyclic) bond motifs is 6. The SMILES string of the molecule is CC(Oc1nc2c(F)c(-c3cccc4c3OCCC4)ncc2c2c1cc(C1CC[C@H]3COC(=O)N13)n2[C@H]1[C@H]2CN[C@@H]1C2)[C@@H]1CCCN1C. The number of halogens is 1. The van der Waals surface area contributed by atoms with E-state index in [4.69, 9.17) is 24.2 Å². The van der Waals surface area contributed by atoms with E-state index in [9.17, 15) is 4.79 Å². The highest BCUT2D eigenvalue weighted by atomic mass is 19.1. The van der Waals surface area contributed by atoms with E-state index in [1.807, 2.05) is 23.1 Å². The van der Waals surface area contributed by atoms with Crippen LogP contribution in [0.5, 0.6) is 11.6 Å². The van der Waals surface area contributed by atoms with Gasteiger partial charge in [0.1, 0.15) is 29.7 Å². The lowest BCUT2D eigenvalue weighted by atomic mass is 9.79. The highest BCUT2D eigenvalue weighted by molar-refractivity contribution is 6.07. The third-order valence-corrected chi connectivity index (χ3v) is 12.2. The zero-order chi connectivity index (χ0) is 32.3.